The molecule has 1 unspecified atom stereocenters. The SMILES string of the molecule is CC(C)CN(CC(O)c1ccc(F)cc1)C(=O)CCl. The minimum absolute atomic E-state index is 0.108. The zero-order valence-electron chi connectivity index (χ0n) is 11.1. The van der Waals surface area contributed by atoms with E-state index < -0.39 is 6.10 Å². The third-order valence-corrected chi connectivity index (χ3v) is 2.93. The van der Waals surface area contributed by atoms with Crippen molar-refractivity contribution in [3.8, 4) is 0 Å². The highest BCUT2D eigenvalue weighted by atomic mass is 35.5. The van der Waals surface area contributed by atoms with Crippen molar-refractivity contribution in [3.63, 3.8) is 0 Å². The van der Waals surface area contributed by atoms with Gasteiger partial charge in [-0.2, -0.15) is 0 Å². The van der Waals surface area contributed by atoms with E-state index in [4.69, 9.17) is 11.6 Å². The Kier molecular flexibility index (Phi) is 6.25. The van der Waals surface area contributed by atoms with Crippen LogP contribution in [0, 0.1) is 11.7 Å². The Morgan fingerprint density at radius 2 is 1.89 bits per heavy atom. The summed E-state index contributed by atoms with van der Waals surface area (Å²) in [5.74, 6) is -0.390. The zero-order valence-corrected chi connectivity index (χ0v) is 11.9. The van der Waals surface area contributed by atoms with E-state index in [2.05, 4.69) is 0 Å². The normalized spacial score (nSPS) is 12.5. The molecule has 0 fully saturated rings. The quantitative estimate of drug-likeness (QED) is 0.817. The summed E-state index contributed by atoms with van der Waals surface area (Å²) in [6.07, 6.45) is -0.841. The van der Waals surface area contributed by atoms with Crippen LogP contribution >= 0.6 is 11.6 Å². The van der Waals surface area contributed by atoms with Gasteiger partial charge >= 0.3 is 0 Å². The van der Waals surface area contributed by atoms with Crippen LogP contribution in [-0.4, -0.2) is 34.9 Å². The molecular weight excluding hydrogens is 269 g/mol. The van der Waals surface area contributed by atoms with Crippen molar-refractivity contribution in [1.29, 1.82) is 0 Å². The molecule has 0 heterocycles. The third kappa shape index (κ3) is 5.17. The molecule has 1 N–H and O–H groups in total. The van der Waals surface area contributed by atoms with Gasteiger partial charge < -0.3 is 10.0 Å². The molecule has 1 aromatic rings. The Morgan fingerprint density at radius 1 is 1.32 bits per heavy atom. The summed E-state index contributed by atoms with van der Waals surface area (Å²) in [5.41, 5.74) is 0.581. The van der Waals surface area contributed by atoms with Gasteiger partial charge in [-0.15, -0.1) is 11.6 Å². The summed E-state index contributed by atoms with van der Waals surface area (Å²) >= 11 is 5.56. The van der Waals surface area contributed by atoms with Crippen LogP contribution in [0.2, 0.25) is 0 Å². The van der Waals surface area contributed by atoms with Gasteiger partial charge in [0, 0.05) is 6.54 Å². The number of halogens is 2. The summed E-state index contributed by atoms with van der Waals surface area (Å²) in [4.78, 5) is 13.2. The van der Waals surface area contributed by atoms with E-state index >= 15 is 0 Å². The second-order valence-corrected chi connectivity index (χ2v) is 5.16. The number of hydrogen-bond acceptors (Lipinski definition) is 2. The summed E-state index contributed by atoms with van der Waals surface area (Å²) in [7, 11) is 0. The lowest BCUT2D eigenvalue weighted by molar-refractivity contribution is -0.130. The molecule has 1 aromatic carbocycles. The average molecular weight is 288 g/mol. The first-order chi connectivity index (χ1) is 8.93. The summed E-state index contributed by atoms with van der Waals surface area (Å²) in [6, 6.07) is 5.60. The molecule has 106 valence electrons. The molecule has 1 amide bonds. The van der Waals surface area contributed by atoms with Gasteiger partial charge in [-0.05, 0) is 23.6 Å². The molecule has 5 heteroatoms. The lowest BCUT2D eigenvalue weighted by Crippen LogP contribution is -2.38. The number of carbonyl (C=O) groups is 1. The maximum atomic E-state index is 12.8. The van der Waals surface area contributed by atoms with Crippen LogP contribution in [0.25, 0.3) is 0 Å². The molecule has 0 saturated carbocycles. The first kappa shape index (κ1) is 15.9. The van der Waals surface area contributed by atoms with E-state index in [0.717, 1.165) is 0 Å². The van der Waals surface area contributed by atoms with E-state index in [0.29, 0.717) is 12.1 Å². The van der Waals surface area contributed by atoms with Crippen LogP contribution in [-0.2, 0) is 4.79 Å². The monoisotopic (exact) mass is 287 g/mol. The van der Waals surface area contributed by atoms with Crippen molar-refractivity contribution < 1.29 is 14.3 Å². The minimum Gasteiger partial charge on any atom is -0.387 e. The first-order valence-corrected chi connectivity index (χ1v) is 6.74. The van der Waals surface area contributed by atoms with Crippen molar-refractivity contribution >= 4 is 17.5 Å². The molecule has 19 heavy (non-hydrogen) atoms. The van der Waals surface area contributed by atoms with Crippen molar-refractivity contribution in [3.05, 3.63) is 35.6 Å². The van der Waals surface area contributed by atoms with Gasteiger partial charge in [0.1, 0.15) is 11.7 Å². The lowest BCUT2D eigenvalue weighted by atomic mass is 10.1. The maximum Gasteiger partial charge on any atom is 0.237 e. The molecule has 0 saturated heterocycles. The van der Waals surface area contributed by atoms with E-state index in [1.807, 2.05) is 13.8 Å². The van der Waals surface area contributed by atoms with Gasteiger partial charge in [-0.25, -0.2) is 4.39 Å². The van der Waals surface area contributed by atoms with Crippen LogP contribution in [0.3, 0.4) is 0 Å². The molecule has 3 nitrogen and oxygen atoms in total. The number of hydrogen-bond donors (Lipinski definition) is 1. The standard InChI is InChI=1S/C14H19ClFNO2/c1-10(2)8-17(14(19)7-15)9-13(18)11-3-5-12(16)6-4-11/h3-6,10,13,18H,7-9H2,1-2H3. The van der Waals surface area contributed by atoms with Gasteiger partial charge in [-0.3, -0.25) is 4.79 Å². The van der Waals surface area contributed by atoms with Crippen molar-refractivity contribution in [2.45, 2.75) is 20.0 Å². The number of rotatable bonds is 6. The molecule has 0 radical (unpaired) electrons. The fourth-order valence-electron chi connectivity index (χ4n) is 1.80. The topological polar surface area (TPSA) is 40.5 Å². The summed E-state index contributed by atoms with van der Waals surface area (Å²) < 4.78 is 12.8. The Balaban J connectivity index is 2.72. The number of carbonyl (C=O) groups excluding carboxylic acids is 1. The van der Waals surface area contributed by atoms with Gasteiger partial charge in [0.25, 0.3) is 0 Å². The highest BCUT2D eigenvalue weighted by Gasteiger charge is 2.18. The van der Waals surface area contributed by atoms with Crippen LogP contribution in [0.15, 0.2) is 24.3 Å². The van der Waals surface area contributed by atoms with Crippen molar-refractivity contribution in [2.24, 2.45) is 5.92 Å². The maximum absolute atomic E-state index is 12.8. The highest BCUT2D eigenvalue weighted by Crippen LogP contribution is 2.16. The Morgan fingerprint density at radius 3 is 2.37 bits per heavy atom. The number of amides is 1. The zero-order chi connectivity index (χ0) is 14.4. The van der Waals surface area contributed by atoms with Crippen LogP contribution in [0.1, 0.15) is 25.5 Å². The number of alkyl halides is 1. The molecule has 0 bridgehead atoms. The molecule has 1 atom stereocenters. The van der Waals surface area contributed by atoms with E-state index in [-0.39, 0.29) is 30.1 Å². The Labute approximate surface area is 118 Å². The van der Waals surface area contributed by atoms with Crippen molar-refractivity contribution in [2.75, 3.05) is 19.0 Å². The van der Waals surface area contributed by atoms with Gasteiger partial charge in [0.2, 0.25) is 5.91 Å². The fraction of sp³-hybridized carbons (Fsp3) is 0.500. The second kappa shape index (κ2) is 7.46. The largest absolute Gasteiger partial charge is 0.387 e. The number of aliphatic hydroxyl groups excluding tert-OH is 1. The molecule has 0 aliphatic carbocycles. The van der Waals surface area contributed by atoms with Gasteiger partial charge in [0.05, 0.1) is 12.6 Å². The Bertz CT molecular complexity index is 408. The van der Waals surface area contributed by atoms with E-state index in [1.165, 1.54) is 29.2 Å². The molecule has 0 spiro atoms. The minimum atomic E-state index is -0.841. The van der Waals surface area contributed by atoms with Crippen LogP contribution < -0.4 is 0 Å². The lowest BCUT2D eigenvalue weighted by Gasteiger charge is -2.26. The highest BCUT2D eigenvalue weighted by molar-refractivity contribution is 6.27. The van der Waals surface area contributed by atoms with E-state index in [9.17, 15) is 14.3 Å². The van der Waals surface area contributed by atoms with Gasteiger partial charge in [0.15, 0.2) is 0 Å². The Hall–Kier alpha value is -1.13. The summed E-state index contributed by atoms with van der Waals surface area (Å²) in [5, 5.41) is 10.1. The smallest absolute Gasteiger partial charge is 0.237 e. The molecule has 0 aliphatic rings. The second-order valence-electron chi connectivity index (χ2n) is 4.89. The fourth-order valence-corrected chi connectivity index (χ4v) is 1.97. The number of nitrogens with zero attached hydrogens (tertiary/aromatic N) is 1. The van der Waals surface area contributed by atoms with Crippen LogP contribution in [0.4, 0.5) is 4.39 Å². The first-order valence-electron chi connectivity index (χ1n) is 6.21. The predicted octanol–water partition coefficient (Wildman–Crippen LogP) is 2.58. The number of benzene rings is 1. The summed E-state index contributed by atoms with van der Waals surface area (Å²) in [6.45, 7) is 4.66. The molecule has 0 aliphatic heterocycles. The average Bonchev–Trinajstić information content (AvgIpc) is 2.37. The molecule has 1 rings (SSSR count). The molecular formula is C14H19ClFNO2. The molecule has 0 aromatic heterocycles. The predicted molar refractivity (Wildman–Crippen MR) is 73.5 cm³/mol. The number of aliphatic hydroxyl groups is 1. The van der Waals surface area contributed by atoms with Gasteiger partial charge in [-0.1, -0.05) is 26.0 Å². The van der Waals surface area contributed by atoms with Crippen LogP contribution in [0.5, 0.6) is 0 Å². The van der Waals surface area contributed by atoms with Crippen molar-refractivity contribution in [1.82, 2.24) is 4.90 Å². The van der Waals surface area contributed by atoms with E-state index in [1.54, 1.807) is 0 Å². The third-order valence-electron chi connectivity index (χ3n) is 2.70.